The van der Waals surface area contributed by atoms with E-state index >= 15 is 0 Å². The van der Waals surface area contributed by atoms with Crippen LogP contribution in [0.5, 0.6) is 0 Å². The van der Waals surface area contributed by atoms with Crippen LogP contribution >= 0.6 is 0 Å². The van der Waals surface area contributed by atoms with E-state index < -0.39 is 0 Å². The van der Waals surface area contributed by atoms with Gasteiger partial charge in [-0.05, 0) is 57.7 Å². The van der Waals surface area contributed by atoms with Gasteiger partial charge >= 0.3 is 6.03 Å². The highest BCUT2D eigenvalue weighted by Crippen LogP contribution is 2.20. The molecule has 0 radical (unpaired) electrons. The first kappa shape index (κ1) is 17.3. The van der Waals surface area contributed by atoms with Gasteiger partial charge < -0.3 is 10.2 Å². The van der Waals surface area contributed by atoms with Gasteiger partial charge in [0, 0.05) is 38.4 Å². The van der Waals surface area contributed by atoms with Gasteiger partial charge in [0.2, 0.25) is 0 Å². The molecule has 6 nitrogen and oxygen atoms in total. The summed E-state index contributed by atoms with van der Waals surface area (Å²) in [5.74, 6) is 0. The van der Waals surface area contributed by atoms with Crippen LogP contribution in [0.3, 0.4) is 0 Å². The van der Waals surface area contributed by atoms with Crippen molar-refractivity contribution < 1.29 is 4.79 Å². The Labute approximate surface area is 145 Å². The van der Waals surface area contributed by atoms with Crippen LogP contribution in [0, 0.1) is 6.92 Å². The van der Waals surface area contributed by atoms with Crippen LogP contribution in [0.25, 0.3) is 0 Å². The second kappa shape index (κ2) is 8.51. The third-order valence-electron chi connectivity index (χ3n) is 5.19. The number of carbonyl (C=O) groups excluding carboxylic acids is 1. The number of rotatable bonds is 5. The minimum absolute atomic E-state index is 0.109. The summed E-state index contributed by atoms with van der Waals surface area (Å²) in [5.41, 5.74) is 1.18. The van der Waals surface area contributed by atoms with E-state index in [0.29, 0.717) is 12.6 Å². The molecule has 0 bridgehead atoms. The summed E-state index contributed by atoms with van der Waals surface area (Å²) in [5, 5.41) is 7.37. The number of urea groups is 1. The first-order valence-electron chi connectivity index (χ1n) is 9.48. The molecule has 2 aliphatic heterocycles. The van der Waals surface area contributed by atoms with Crippen molar-refractivity contribution in [2.24, 2.45) is 0 Å². The summed E-state index contributed by atoms with van der Waals surface area (Å²) >= 11 is 0. The smallest absolute Gasteiger partial charge is 0.317 e. The van der Waals surface area contributed by atoms with Gasteiger partial charge in [0.25, 0.3) is 0 Å². The maximum atomic E-state index is 12.5. The molecule has 2 aliphatic rings. The normalized spacial score (nSPS) is 22.5. The van der Waals surface area contributed by atoms with E-state index in [9.17, 15) is 4.79 Å². The van der Waals surface area contributed by atoms with Crippen molar-refractivity contribution in [2.75, 3.05) is 32.7 Å². The van der Waals surface area contributed by atoms with Gasteiger partial charge in [-0.25, -0.2) is 4.79 Å². The summed E-state index contributed by atoms with van der Waals surface area (Å²) < 4.78 is 1.94. The van der Waals surface area contributed by atoms with E-state index in [2.05, 4.69) is 15.3 Å². The molecule has 3 rings (SSSR count). The number of hydrogen-bond donors (Lipinski definition) is 1. The largest absolute Gasteiger partial charge is 0.338 e. The van der Waals surface area contributed by atoms with Gasteiger partial charge in [-0.1, -0.05) is 6.42 Å². The predicted octanol–water partition coefficient (Wildman–Crippen LogP) is 2.24. The minimum atomic E-state index is 0.109. The molecule has 0 saturated carbocycles. The fraction of sp³-hybridized carbons (Fsp3) is 0.778. The number of aryl methyl sites for hydroxylation is 2. The van der Waals surface area contributed by atoms with Crippen molar-refractivity contribution in [2.45, 2.75) is 58.0 Å². The van der Waals surface area contributed by atoms with Crippen LogP contribution in [-0.2, 0) is 6.54 Å². The molecular formula is C18H31N5O. The fourth-order valence-corrected chi connectivity index (χ4v) is 3.85. The number of amides is 2. The Morgan fingerprint density at radius 2 is 2.04 bits per heavy atom. The standard InChI is InChI=1S/C18H31N5O/c1-16-13-20-23(14-16)12-6-8-19-18(24)22-11-3-2-7-17(15-22)21-9-4-5-10-21/h13-14,17H,2-12,15H2,1H3,(H,19,24)/t17-/m1/s1. The van der Waals surface area contributed by atoms with E-state index in [1.807, 2.05) is 28.9 Å². The third-order valence-corrected chi connectivity index (χ3v) is 5.19. The zero-order valence-electron chi connectivity index (χ0n) is 14.9. The van der Waals surface area contributed by atoms with Crippen LogP contribution in [-0.4, -0.2) is 64.4 Å². The maximum absolute atomic E-state index is 12.5. The highest BCUT2D eigenvalue weighted by molar-refractivity contribution is 5.74. The average Bonchev–Trinajstić information content (AvgIpc) is 3.18. The van der Waals surface area contributed by atoms with E-state index in [1.165, 1.54) is 44.3 Å². The quantitative estimate of drug-likeness (QED) is 0.841. The molecule has 1 aromatic rings. The first-order valence-corrected chi connectivity index (χ1v) is 9.48. The lowest BCUT2D eigenvalue weighted by Gasteiger charge is -2.30. The van der Waals surface area contributed by atoms with E-state index in [0.717, 1.165) is 32.5 Å². The molecular weight excluding hydrogens is 302 g/mol. The summed E-state index contributed by atoms with van der Waals surface area (Å²) in [4.78, 5) is 17.1. The Bertz CT molecular complexity index is 523. The molecule has 3 heterocycles. The van der Waals surface area contributed by atoms with E-state index in [-0.39, 0.29) is 6.03 Å². The number of carbonyl (C=O) groups is 1. The van der Waals surface area contributed by atoms with Gasteiger partial charge in [-0.15, -0.1) is 0 Å². The average molecular weight is 333 g/mol. The van der Waals surface area contributed by atoms with Crippen LogP contribution < -0.4 is 5.32 Å². The number of nitrogens with zero attached hydrogens (tertiary/aromatic N) is 4. The van der Waals surface area contributed by atoms with Gasteiger partial charge in [0.1, 0.15) is 0 Å². The minimum Gasteiger partial charge on any atom is -0.338 e. The molecule has 6 heteroatoms. The second-order valence-corrected chi connectivity index (χ2v) is 7.20. The van der Waals surface area contributed by atoms with Crippen molar-refractivity contribution in [3.8, 4) is 0 Å². The van der Waals surface area contributed by atoms with E-state index in [1.54, 1.807) is 0 Å². The second-order valence-electron chi connectivity index (χ2n) is 7.20. The lowest BCUT2D eigenvalue weighted by Crippen LogP contribution is -2.47. The fourth-order valence-electron chi connectivity index (χ4n) is 3.85. The molecule has 0 unspecified atom stereocenters. The van der Waals surface area contributed by atoms with Crippen LogP contribution in [0.4, 0.5) is 4.79 Å². The lowest BCUT2D eigenvalue weighted by molar-refractivity contribution is 0.166. The first-order chi connectivity index (χ1) is 11.7. The molecule has 2 amide bonds. The Hall–Kier alpha value is -1.56. The van der Waals surface area contributed by atoms with Crippen molar-refractivity contribution in [3.63, 3.8) is 0 Å². The van der Waals surface area contributed by atoms with Crippen molar-refractivity contribution >= 4 is 6.03 Å². The van der Waals surface area contributed by atoms with Crippen LogP contribution in [0.15, 0.2) is 12.4 Å². The summed E-state index contributed by atoms with van der Waals surface area (Å²) in [6, 6.07) is 0.672. The van der Waals surface area contributed by atoms with Crippen LogP contribution in [0.2, 0.25) is 0 Å². The molecule has 1 N–H and O–H groups in total. The Morgan fingerprint density at radius 1 is 1.25 bits per heavy atom. The Morgan fingerprint density at radius 3 is 2.79 bits per heavy atom. The highest BCUT2D eigenvalue weighted by atomic mass is 16.2. The van der Waals surface area contributed by atoms with Gasteiger partial charge in [-0.3, -0.25) is 9.58 Å². The van der Waals surface area contributed by atoms with Crippen molar-refractivity contribution in [3.05, 3.63) is 18.0 Å². The van der Waals surface area contributed by atoms with Gasteiger partial charge in [-0.2, -0.15) is 5.10 Å². The molecule has 2 saturated heterocycles. The summed E-state index contributed by atoms with van der Waals surface area (Å²) in [7, 11) is 0. The van der Waals surface area contributed by atoms with Crippen molar-refractivity contribution in [1.29, 1.82) is 0 Å². The highest BCUT2D eigenvalue weighted by Gasteiger charge is 2.27. The predicted molar refractivity (Wildman–Crippen MR) is 95.0 cm³/mol. The third kappa shape index (κ3) is 4.72. The molecule has 2 fully saturated rings. The molecule has 0 spiro atoms. The van der Waals surface area contributed by atoms with Gasteiger partial charge in [0.05, 0.1) is 6.20 Å². The maximum Gasteiger partial charge on any atom is 0.317 e. The molecule has 134 valence electrons. The molecule has 0 aliphatic carbocycles. The number of nitrogens with one attached hydrogen (secondary N) is 1. The topological polar surface area (TPSA) is 53.4 Å². The number of hydrogen-bond acceptors (Lipinski definition) is 3. The summed E-state index contributed by atoms with van der Waals surface area (Å²) in [6.07, 6.45) is 11.1. The monoisotopic (exact) mass is 333 g/mol. The molecule has 1 aromatic heterocycles. The SMILES string of the molecule is Cc1cnn(CCCNC(=O)N2CCCC[C@@H](N3CCCC3)C2)c1. The number of aromatic nitrogens is 2. The lowest BCUT2D eigenvalue weighted by atomic mass is 10.1. The zero-order chi connectivity index (χ0) is 16.8. The zero-order valence-corrected chi connectivity index (χ0v) is 14.9. The number of likely N-dealkylation sites (tertiary alicyclic amines) is 2. The summed E-state index contributed by atoms with van der Waals surface area (Å²) in [6.45, 7) is 7.82. The Balaban J connectivity index is 1.41. The van der Waals surface area contributed by atoms with Crippen LogP contribution in [0.1, 0.15) is 44.1 Å². The molecule has 1 atom stereocenters. The van der Waals surface area contributed by atoms with Gasteiger partial charge in [0.15, 0.2) is 0 Å². The Kier molecular flexibility index (Phi) is 6.12. The molecule has 0 aromatic carbocycles. The van der Waals surface area contributed by atoms with E-state index in [4.69, 9.17) is 0 Å². The van der Waals surface area contributed by atoms with Crippen molar-refractivity contribution in [1.82, 2.24) is 24.9 Å². The molecule has 24 heavy (non-hydrogen) atoms.